The summed E-state index contributed by atoms with van der Waals surface area (Å²) in [6.45, 7) is 0. The minimum atomic E-state index is 0.638. The second kappa shape index (κ2) is 11.5. The van der Waals surface area contributed by atoms with Gasteiger partial charge in [0.15, 0.2) is 0 Å². The Morgan fingerprint density at radius 2 is 0.870 bits per heavy atom. The van der Waals surface area contributed by atoms with Crippen LogP contribution in [0.15, 0.2) is 152 Å². The third kappa shape index (κ3) is 4.85. The number of fused-ring (bicyclic) bond motifs is 2. The van der Waals surface area contributed by atoms with Crippen molar-refractivity contribution < 1.29 is 0 Å². The maximum Gasteiger partial charge on any atom is 0.0991 e. The van der Waals surface area contributed by atoms with Gasteiger partial charge in [-0.15, -0.1) is 0 Å². The zero-order valence-corrected chi connectivity index (χ0v) is 24.7. The molecule has 4 heterocycles. The van der Waals surface area contributed by atoms with Gasteiger partial charge in [0.2, 0.25) is 0 Å². The normalized spacial score (nSPS) is 11.0. The van der Waals surface area contributed by atoms with E-state index in [-0.39, 0.29) is 0 Å². The first kappa shape index (κ1) is 27.1. The Morgan fingerprint density at radius 3 is 1.37 bits per heavy atom. The highest BCUT2D eigenvalue weighted by atomic mass is 14.8. The molecular weight excluding hydrogens is 562 g/mol. The number of nitriles is 1. The molecule has 4 aromatic carbocycles. The third-order valence-electron chi connectivity index (χ3n) is 8.33. The van der Waals surface area contributed by atoms with E-state index >= 15 is 0 Å². The molecule has 0 aliphatic carbocycles. The minimum Gasteiger partial charge on any atom is -0.255 e. The number of nitrogens with zero attached hydrogens (tertiary/aromatic N) is 5. The molecule has 5 heteroatoms. The summed E-state index contributed by atoms with van der Waals surface area (Å²) in [5, 5.41) is 13.8. The van der Waals surface area contributed by atoms with Crippen LogP contribution < -0.4 is 0 Å². The van der Waals surface area contributed by atoms with Gasteiger partial charge in [0, 0.05) is 35.9 Å². The summed E-state index contributed by atoms with van der Waals surface area (Å²) in [5.74, 6) is 0. The largest absolute Gasteiger partial charge is 0.255 e. The Morgan fingerprint density at radius 1 is 0.391 bits per heavy atom. The molecule has 8 rings (SSSR count). The molecule has 0 fully saturated rings. The summed E-state index contributed by atoms with van der Waals surface area (Å²) in [4.78, 5) is 18.7. The number of benzene rings is 4. The van der Waals surface area contributed by atoms with Gasteiger partial charge >= 0.3 is 0 Å². The summed E-state index contributed by atoms with van der Waals surface area (Å²) >= 11 is 0. The van der Waals surface area contributed by atoms with Gasteiger partial charge in [-0.1, -0.05) is 72.8 Å². The average molecular weight is 588 g/mol. The smallest absolute Gasteiger partial charge is 0.0991 e. The molecule has 0 bridgehead atoms. The Hall–Kier alpha value is -6.51. The average Bonchev–Trinajstić information content (AvgIpc) is 3.14. The lowest BCUT2D eigenvalue weighted by Gasteiger charge is -2.18. The van der Waals surface area contributed by atoms with Gasteiger partial charge in [-0.25, -0.2) is 0 Å². The van der Waals surface area contributed by atoms with Crippen molar-refractivity contribution in [3.8, 4) is 62.2 Å². The van der Waals surface area contributed by atoms with E-state index < -0.39 is 0 Å². The van der Waals surface area contributed by atoms with Crippen molar-refractivity contribution in [2.45, 2.75) is 0 Å². The fourth-order valence-electron chi connectivity index (χ4n) is 6.13. The highest BCUT2D eigenvalue weighted by Crippen LogP contribution is 2.44. The lowest BCUT2D eigenvalue weighted by Crippen LogP contribution is -1.94. The first-order chi connectivity index (χ1) is 22.8. The third-order valence-corrected chi connectivity index (χ3v) is 8.33. The Labute approximate surface area is 266 Å². The number of hydrogen-bond acceptors (Lipinski definition) is 5. The van der Waals surface area contributed by atoms with Crippen LogP contribution in [-0.2, 0) is 0 Å². The molecule has 46 heavy (non-hydrogen) atoms. The van der Waals surface area contributed by atoms with Crippen LogP contribution in [0.25, 0.3) is 77.7 Å². The van der Waals surface area contributed by atoms with Gasteiger partial charge in [-0.2, -0.15) is 5.26 Å². The highest BCUT2D eigenvalue weighted by Gasteiger charge is 2.18. The molecule has 0 N–H and O–H groups in total. The molecule has 0 aliphatic heterocycles. The molecule has 0 saturated heterocycles. The topological polar surface area (TPSA) is 75.3 Å². The van der Waals surface area contributed by atoms with E-state index in [0.717, 1.165) is 77.7 Å². The lowest BCUT2D eigenvalue weighted by molar-refractivity contribution is 1.25. The van der Waals surface area contributed by atoms with Crippen LogP contribution in [0.5, 0.6) is 0 Å². The van der Waals surface area contributed by atoms with Gasteiger partial charge in [-0.3, -0.25) is 19.9 Å². The van der Waals surface area contributed by atoms with Crippen molar-refractivity contribution in [2.24, 2.45) is 0 Å². The van der Waals surface area contributed by atoms with Gasteiger partial charge in [0.25, 0.3) is 0 Å². The summed E-state index contributed by atoms with van der Waals surface area (Å²) in [6, 6.07) is 45.2. The molecule has 0 saturated carbocycles. The quantitative estimate of drug-likeness (QED) is 0.187. The van der Waals surface area contributed by atoms with Crippen LogP contribution in [0.3, 0.4) is 0 Å². The number of hydrogen-bond donors (Lipinski definition) is 0. The SMILES string of the molecule is N#Cc1ccc(-c2ccc3c(-c4ccc(-c5ccccn5)nc4)c4ccccc4c(-c4ccc(-c5ccccn5)nc4)c3c2)cc1. The highest BCUT2D eigenvalue weighted by molar-refractivity contribution is 6.21. The summed E-state index contributed by atoms with van der Waals surface area (Å²) in [7, 11) is 0. The van der Waals surface area contributed by atoms with Crippen LogP contribution in [0.1, 0.15) is 5.56 Å². The van der Waals surface area contributed by atoms with Crippen LogP contribution in [0.4, 0.5) is 0 Å². The van der Waals surface area contributed by atoms with Crippen molar-refractivity contribution in [2.75, 3.05) is 0 Å². The summed E-state index contributed by atoms with van der Waals surface area (Å²) in [5.41, 5.74) is 10.4. The number of rotatable bonds is 5. The van der Waals surface area contributed by atoms with Crippen LogP contribution in [0.2, 0.25) is 0 Å². The van der Waals surface area contributed by atoms with E-state index in [2.05, 4.69) is 70.6 Å². The van der Waals surface area contributed by atoms with Crippen LogP contribution in [-0.4, -0.2) is 19.9 Å². The Bertz CT molecular complexity index is 2380. The fraction of sp³-hybridized carbons (Fsp3) is 0. The first-order valence-electron chi connectivity index (χ1n) is 15.0. The van der Waals surface area contributed by atoms with Crippen LogP contribution >= 0.6 is 0 Å². The van der Waals surface area contributed by atoms with Crippen molar-refractivity contribution in [3.05, 3.63) is 158 Å². The molecule has 5 nitrogen and oxygen atoms in total. The zero-order valence-electron chi connectivity index (χ0n) is 24.7. The molecule has 214 valence electrons. The summed E-state index contributed by atoms with van der Waals surface area (Å²) < 4.78 is 0. The lowest BCUT2D eigenvalue weighted by atomic mass is 9.85. The van der Waals surface area contributed by atoms with Gasteiger partial charge in [0.1, 0.15) is 0 Å². The van der Waals surface area contributed by atoms with E-state index in [4.69, 9.17) is 9.97 Å². The Kier molecular flexibility index (Phi) is 6.79. The molecule has 0 unspecified atom stereocenters. The zero-order chi connectivity index (χ0) is 30.9. The van der Waals surface area contributed by atoms with E-state index in [9.17, 15) is 5.26 Å². The molecule has 0 radical (unpaired) electrons. The second-order valence-corrected chi connectivity index (χ2v) is 11.0. The predicted molar refractivity (Wildman–Crippen MR) is 185 cm³/mol. The van der Waals surface area contributed by atoms with E-state index in [1.165, 1.54) is 0 Å². The monoisotopic (exact) mass is 587 g/mol. The maximum atomic E-state index is 9.35. The molecule has 0 atom stereocenters. The molecular formula is C41H25N5. The Balaban J connectivity index is 1.37. The molecule has 0 amide bonds. The predicted octanol–water partition coefficient (Wildman–Crippen LogP) is 9.78. The van der Waals surface area contributed by atoms with Crippen molar-refractivity contribution in [1.82, 2.24) is 19.9 Å². The second-order valence-electron chi connectivity index (χ2n) is 11.0. The minimum absolute atomic E-state index is 0.638. The number of aromatic nitrogens is 4. The van der Waals surface area contributed by atoms with Gasteiger partial charge in [0.05, 0.1) is 34.4 Å². The van der Waals surface area contributed by atoms with E-state index in [0.29, 0.717) is 5.56 Å². The van der Waals surface area contributed by atoms with Crippen molar-refractivity contribution in [1.29, 1.82) is 5.26 Å². The standard InChI is InChI=1S/C41H25N5/c42-24-27-11-13-28(14-12-27)29-15-18-34-35(23-29)41(31-17-20-39(46-26-31)37-10-4-6-22-44-37)33-8-2-1-7-32(33)40(34)30-16-19-38(45-25-30)36-9-3-5-21-43-36/h1-23,25-26H. The molecule has 0 aliphatic rings. The van der Waals surface area contributed by atoms with Gasteiger partial charge < -0.3 is 0 Å². The van der Waals surface area contributed by atoms with Crippen LogP contribution in [0, 0.1) is 11.3 Å². The van der Waals surface area contributed by atoms with Crippen molar-refractivity contribution in [3.63, 3.8) is 0 Å². The maximum absolute atomic E-state index is 9.35. The van der Waals surface area contributed by atoms with Crippen molar-refractivity contribution >= 4 is 21.5 Å². The van der Waals surface area contributed by atoms with E-state index in [1.807, 2.05) is 85.2 Å². The van der Waals surface area contributed by atoms with E-state index in [1.54, 1.807) is 12.4 Å². The van der Waals surface area contributed by atoms with Gasteiger partial charge in [-0.05, 0) is 98.4 Å². The first-order valence-corrected chi connectivity index (χ1v) is 15.0. The molecule has 0 spiro atoms. The number of pyridine rings is 4. The molecule has 4 aromatic heterocycles. The fourth-order valence-corrected chi connectivity index (χ4v) is 6.13. The summed E-state index contributed by atoms with van der Waals surface area (Å²) in [6.07, 6.45) is 7.46. The molecule has 8 aromatic rings.